The van der Waals surface area contributed by atoms with Gasteiger partial charge in [0.1, 0.15) is 11.8 Å². The van der Waals surface area contributed by atoms with E-state index in [1.54, 1.807) is 12.0 Å². The van der Waals surface area contributed by atoms with Crippen molar-refractivity contribution in [2.24, 2.45) is 0 Å². The summed E-state index contributed by atoms with van der Waals surface area (Å²) in [6, 6.07) is 6.51. The van der Waals surface area contributed by atoms with Gasteiger partial charge in [0.15, 0.2) is 0 Å². The van der Waals surface area contributed by atoms with Crippen LogP contribution in [0.3, 0.4) is 0 Å². The number of urea groups is 1. The van der Waals surface area contributed by atoms with Crippen molar-refractivity contribution in [2.45, 2.75) is 12.5 Å². The van der Waals surface area contributed by atoms with Crippen LogP contribution in [0.2, 0.25) is 0 Å². The largest absolute Gasteiger partial charge is 0.497 e. The Balaban J connectivity index is 1.53. The number of benzene rings is 1. The Bertz CT molecular complexity index is 655. The summed E-state index contributed by atoms with van der Waals surface area (Å²) in [5, 5.41) is 4.58. The van der Waals surface area contributed by atoms with Gasteiger partial charge in [0.05, 0.1) is 13.5 Å². The molecule has 3 rings (SSSR count). The lowest BCUT2D eigenvalue weighted by Gasteiger charge is -2.36. The molecular weight excluding hydrogens is 312 g/mol. The van der Waals surface area contributed by atoms with Crippen LogP contribution >= 0.6 is 0 Å². The van der Waals surface area contributed by atoms with E-state index in [0.29, 0.717) is 26.2 Å². The summed E-state index contributed by atoms with van der Waals surface area (Å²) in [6.45, 7) is 2.58. The minimum absolute atomic E-state index is 0.00324. The average molecular weight is 332 g/mol. The third-order valence-corrected chi connectivity index (χ3v) is 4.29. The van der Waals surface area contributed by atoms with E-state index in [2.05, 4.69) is 15.5 Å². The zero-order chi connectivity index (χ0) is 17.1. The second-order valence-corrected chi connectivity index (χ2v) is 5.79. The van der Waals surface area contributed by atoms with Gasteiger partial charge in [-0.15, -0.1) is 0 Å². The van der Waals surface area contributed by atoms with Crippen LogP contribution in [-0.4, -0.2) is 62.1 Å². The molecular formula is C16H20N4O4. The Hall–Kier alpha value is -2.77. The number of imide groups is 1. The maximum absolute atomic E-state index is 12.3. The smallest absolute Gasteiger partial charge is 0.322 e. The molecule has 2 fully saturated rings. The highest BCUT2D eigenvalue weighted by Gasteiger charge is 2.33. The molecule has 8 heteroatoms. The molecule has 1 aromatic carbocycles. The highest BCUT2D eigenvalue weighted by molar-refractivity contribution is 6.05. The van der Waals surface area contributed by atoms with E-state index in [9.17, 15) is 14.4 Å². The number of nitrogens with zero attached hydrogens (tertiary/aromatic N) is 2. The number of carbonyl (C=O) groups excluding carboxylic acids is 3. The highest BCUT2D eigenvalue weighted by Crippen LogP contribution is 2.22. The van der Waals surface area contributed by atoms with Crippen LogP contribution in [0.15, 0.2) is 24.3 Å². The maximum atomic E-state index is 12.3. The fraction of sp³-hybridized carbons (Fsp3) is 0.438. The number of nitrogens with one attached hydrogen (secondary N) is 2. The quantitative estimate of drug-likeness (QED) is 0.754. The zero-order valence-corrected chi connectivity index (χ0v) is 13.4. The Morgan fingerprint density at radius 1 is 1.25 bits per heavy atom. The molecule has 0 aromatic heterocycles. The number of ether oxygens (including phenoxy) is 1. The van der Waals surface area contributed by atoms with Crippen molar-refractivity contribution in [3.63, 3.8) is 0 Å². The number of hydrogen-bond acceptors (Lipinski definition) is 5. The molecule has 2 N–H and O–H groups in total. The van der Waals surface area contributed by atoms with Crippen LogP contribution in [-0.2, 0) is 9.59 Å². The van der Waals surface area contributed by atoms with E-state index in [0.717, 1.165) is 11.4 Å². The standard InChI is InChI=1S/C16H20N4O4/c1-24-12-4-2-3-11(9-12)19-5-7-20(8-6-19)14(21)10-13-15(22)18-16(23)17-13/h2-4,9,13H,5-8,10H2,1H3,(H2,17,18,22,23)/t13-/m0/s1. The Labute approximate surface area is 139 Å². The van der Waals surface area contributed by atoms with Gasteiger partial charge in [-0.3, -0.25) is 14.9 Å². The van der Waals surface area contributed by atoms with E-state index in [4.69, 9.17) is 4.74 Å². The first kappa shape index (κ1) is 16.1. The van der Waals surface area contributed by atoms with Crippen LogP contribution in [0.4, 0.5) is 10.5 Å². The first-order valence-corrected chi connectivity index (χ1v) is 7.85. The number of methoxy groups -OCH3 is 1. The molecule has 0 radical (unpaired) electrons. The molecule has 1 atom stereocenters. The minimum atomic E-state index is -0.763. The predicted molar refractivity (Wildman–Crippen MR) is 86.9 cm³/mol. The van der Waals surface area contributed by atoms with Crippen molar-refractivity contribution in [3.8, 4) is 5.75 Å². The van der Waals surface area contributed by atoms with Crippen molar-refractivity contribution in [3.05, 3.63) is 24.3 Å². The first-order chi connectivity index (χ1) is 11.6. The summed E-state index contributed by atoms with van der Waals surface area (Å²) >= 11 is 0. The number of piperazine rings is 1. The van der Waals surface area contributed by atoms with Crippen molar-refractivity contribution in [2.75, 3.05) is 38.2 Å². The van der Waals surface area contributed by atoms with Gasteiger partial charge in [-0.05, 0) is 12.1 Å². The lowest BCUT2D eigenvalue weighted by Crippen LogP contribution is -2.50. The fourth-order valence-corrected chi connectivity index (χ4v) is 2.93. The summed E-state index contributed by atoms with van der Waals surface area (Å²) in [5.74, 6) is 0.236. The summed E-state index contributed by atoms with van der Waals surface area (Å²) in [7, 11) is 1.63. The molecule has 24 heavy (non-hydrogen) atoms. The molecule has 0 spiro atoms. The number of anilines is 1. The van der Waals surface area contributed by atoms with Crippen molar-refractivity contribution in [1.82, 2.24) is 15.5 Å². The molecule has 8 nitrogen and oxygen atoms in total. The molecule has 2 aliphatic rings. The van der Waals surface area contributed by atoms with Crippen LogP contribution < -0.4 is 20.3 Å². The maximum Gasteiger partial charge on any atom is 0.322 e. The summed E-state index contributed by atoms with van der Waals surface area (Å²) in [5.41, 5.74) is 1.06. The second kappa shape index (κ2) is 6.77. The van der Waals surface area contributed by atoms with Gasteiger partial charge < -0.3 is 19.9 Å². The van der Waals surface area contributed by atoms with Crippen molar-refractivity contribution < 1.29 is 19.1 Å². The molecule has 2 saturated heterocycles. The molecule has 1 aromatic rings. The van der Waals surface area contributed by atoms with Crippen molar-refractivity contribution >= 4 is 23.5 Å². The summed E-state index contributed by atoms with van der Waals surface area (Å²) in [4.78, 5) is 38.8. The van der Waals surface area contributed by atoms with E-state index < -0.39 is 18.0 Å². The van der Waals surface area contributed by atoms with E-state index in [1.165, 1.54) is 0 Å². The van der Waals surface area contributed by atoms with Gasteiger partial charge in [0.25, 0.3) is 5.91 Å². The molecule has 0 saturated carbocycles. The average Bonchev–Trinajstić information content (AvgIpc) is 2.92. The molecule has 0 aliphatic carbocycles. The molecule has 0 unspecified atom stereocenters. The number of carbonyl (C=O) groups is 3. The van der Waals surface area contributed by atoms with E-state index in [-0.39, 0.29) is 12.3 Å². The molecule has 128 valence electrons. The fourth-order valence-electron chi connectivity index (χ4n) is 2.93. The van der Waals surface area contributed by atoms with Gasteiger partial charge in [-0.2, -0.15) is 0 Å². The number of hydrogen-bond donors (Lipinski definition) is 2. The monoisotopic (exact) mass is 332 g/mol. The molecule has 2 heterocycles. The Morgan fingerprint density at radius 2 is 2.00 bits per heavy atom. The van der Waals surface area contributed by atoms with Gasteiger partial charge in [-0.1, -0.05) is 6.07 Å². The van der Waals surface area contributed by atoms with Crippen LogP contribution in [0.25, 0.3) is 0 Å². The van der Waals surface area contributed by atoms with E-state index >= 15 is 0 Å². The predicted octanol–water partition coefficient (Wildman–Crippen LogP) is -0.0581. The first-order valence-electron chi connectivity index (χ1n) is 7.85. The second-order valence-electron chi connectivity index (χ2n) is 5.79. The third-order valence-electron chi connectivity index (χ3n) is 4.29. The van der Waals surface area contributed by atoms with Gasteiger partial charge >= 0.3 is 6.03 Å². The lowest BCUT2D eigenvalue weighted by molar-refractivity contribution is -0.134. The zero-order valence-electron chi connectivity index (χ0n) is 13.4. The van der Waals surface area contributed by atoms with Gasteiger partial charge in [0.2, 0.25) is 5.91 Å². The summed E-state index contributed by atoms with van der Waals surface area (Å²) in [6.07, 6.45) is -0.00324. The topological polar surface area (TPSA) is 91.0 Å². The third kappa shape index (κ3) is 3.42. The van der Waals surface area contributed by atoms with Crippen LogP contribution in [0, 0.1) is 0 Å². The van der Waals surface area contributed by atoms with E-state index in [1.807, 2.05) is 24.3 Å². The Kier molecular flexibility index (Phi) is 4.54. The number of amides is 4. The molecule has 0 bridgehead atoms. The lowest BCUT2D eigenvalue weighted by atomic mass is 10.1. The van der Waals surface area contributed by atoms with Crippen LogP contribution in [0.1, 0.15) is 6.42 Å². The minimum Gasteiger partial charge on any atom is -0.497 e. The highest BCUT2D eigenvalue weighted by atomic mass is 16.5. The van der Waals surface area contributed by atoms with Crippen molar-refractivity contribution in [1.29, 1.82) is 0 Å². The molecule has 4 amide bonds. The number of rotatable bonds is 4. The molecule has 2 aliphatic heterocycles. The van der Waals surface area contributed by atoms with Crippen LogP contribution in [0.5, 0.6) is 5.75 Å². The van der Waals surface area contributed by atoms with Gasteiger partial charge in [-0.25, -0.2) is 4.79 Å². The Morgan fingerprint density at radius 3 is 2.62 bits per heavy atom. The normalized spacial score (nSPS) is 20.6. The van der Waals surface area contributed by atoms with Gasteiger partial charge in [0, 0.05) is 37.9 Å². The SMILES string of the molecule is COc1cccc(N2CCN(C(=O)C[C@@H]3NC(=O)NC3=O)CC2)c1. The summed E-state index contributed by atoms with van der Waals surface area (Å²) < 4.78 is 5.23.